The van der Waals surface area contributed by atoms with Crippen LogP contribution in [0.3, 0.4) is 0 Å². The van der Waals surface area contributed by atoms with Crippen molar-refractivity contribution in [1.29, 1.82) is 0 Å². The zero-order valence-corrected chi connectivity index (χ0v) is 16.1. The van der Waals surface area contributed by atoms with Crippen LogP contribution in [0.15, 0.2) is 42.5 Å². The number of hydrogen-bond donors (Lipinski definition) is 4. The van der Waals surface area contributed by atoms with Gasteiger partial charge in [-0.2, -0.15) is 0 Å². The molecule has 1 aliphatic carbocycles. The Bertz CT molecular complexity index is 912. The van der Waals surface area contributed by atoms with E-state index in [1.54, 1.807) is 42.5 Å². The summed E-state index contributed by atoms with van der Waals surface area (Å²) in [7, 11) is 1.54. The smallest absolute Gasteiger partial charge is 0.253 e. The Hall–Kier alpha value is -3.06. The second-order valence-electron chi connectivity index (χ2n) is 6.47. The van der Waals surface area contributed by atoms with Crippen LogP contribution in [-0.2, 0) is 4.79 Å². The van der Waals surface area contributed by atoms with Gasteiger partial charge in [0.15, 0.2) is 0 Å². The normalized spacial score (nSPS) is 12.8. The fraction of sp³-hybridized carbons (Fsp3) is 0.250. The highest BCUT2D eigenvalue weighted by Crippen LogP contribution is 2.24. The van der Waals surface area contributed by atoms with E-state index in [1.165, 1.54) is 7.05 Å². The lowest BCUT2D eigenvalue weighted by Crippen LogP contribution is -2.28. The van der Waals surface area contributed by atoms with Crippen LogP contribution in [-0.4, -0.2) is 37.4 Å². The van der Waals surface area contributed by atoms with Crippen molar-refractivity contribution in [2.45, 2.75) is 18.9 Å². The SMILES string of the molecule is CNC(=O)c1ccc(Cl)c(NCC(=O)Nc2ccccc2C(=O)NC2CC2)c1. The Labute approximate surface area is 167 Å². The van der Waals surface area contributed by atoms with Crippen molar-refractivity contribution >= 4 is 40.7 Å². The van der Waals surface area contributed by atoms with E-state index >= 15 is 0 Å². The quantitative estimate of drug-likeness (QED) is 0.574. The molecule has 1 fully saturated rings. The van der Waals surface area contributed by atoms with Gasteiger partial charge in [0.05, 0.1) is 28.5 Å². The molecule has 0 radical (unpaired) electrons. The predicted molar refractivity (Wildman–Crippen MR) is 109 cm³/mol. The molecule has 1 saturated carbocycles. The van der Waals surface area contributed by atoms with E-state index in [0.29, 0.717) is 27.5 Å². The third kappa shape index (κ3) is 5.01. The summed E-state index contributed by atoms with van der Waals surface area (Å²) >= 11 is 6.13. The molecule has 28 heavy (non-hydrogen) atoms. The van der Waals surface area contributed by atoms with Crippen molar-refractivity contribution in [2.75, 3.05) is 24.2 Å². The molecule has 0 bridgehead atoms. The highest BCUT2D eigenvalue weighted by molar-refractivity contribution is 6.33. The summed E-state index contributed by atoms with van der Waals surface area (Å²) in [4.78, 5) is 36.4. The van der Waals surface area contributed by atoms with E-state index in [9.17, 15) is 14.4 Å². The molecule has 1 aliphatic rings. The van der Waals surface area contributed by atoms with Gasteiger partial charge in [0.25, 0.3) is 11.8 Å². The molecule has 0 saturated heterocycles. The zero-order chi connectivity index (χ0) is 20.1. The second kappa shape index (κ2) is 8.75. The molecule has 146 valence electrons. The van der Waals surface area contributed by atoms with Crippen LogP contribution in [0.25, 0.3) is 0 Å². The Morgan fingerprint density at radius 3 is 2.50 bits per heavy atom. The fourth-order valence-electron chi connectivity index (χ4n) is 2.60. The van der Waals surface area contributed by atoms with Crippen molar-refractivity contribution in [2.24, 2.45) is 0 Å². The Balaban J connectivity index is 1.64. The molecule has 0 aromatic heterocycles. The minimum Gasteiger partial charge on any atom is -0.375 e. The van der Waals surface area contributed by atoms with E-state index in [0.717, 1.165) is 12.8 Å². The minimum atomic E-state index is -0.340. The van der Waals surface area contributed by atoms with Crippen LogP contribution < -0.4 is 21.3 Å². The van der Waals surface area contributed by atoms with Gasteiger partial charge in [-0.1, -0.05) is 23.7 Å². The first-order valence-corrected chi connectivity index (χ1v) is 9.31. The molecule has 4 N–H and O–H groups in total. The summed E-state index contributed by atoms with van der Waals surface area (Å²) in [6.45, 7) is -0.0739. The van der Waals surface area contributed by atoms with Crippen LogP contribution in [0.4, 0.5) is 11.4 Å². The summed E-state index contributed by atoms with van der Waals surface area (Å²) < 4.78 is 0. The van der Waals surface area contributed by atoms with Crippen LogP contribution >= 0.6 is 11.6 Å². The summed E-state index contributed by atoms with van der Waals surface area (Å²) in [5, 5.41) is 11.5. The molecule has 0 atom stereocenters. The van der Waals surface area contributed by atoms with Crippen molar-refractivity contribution in [3.63, 3.8) is 0 Å². The second-order valence-corrected chi connectivity index (χ2v) is 6.88. The Morgan fingerprint density at radius 2 is 1.79 bits per heavy atom. The Morgan fingerprint density at radius 1 is 1.04 bits per heavy atom. The maximum Gasteiger partial charge on any atom is 0.253 e. The first-order chi connectivity index (χ1) is 13.5. The van der Waals surface area contributed by atoms with E-state index in [-0.39, 0.29) is 30.3 Å². The molecule has 2 aromatic carbocycles. The van der Waals surface area contributed by atoms with Gasteiger partial charge >= 0.3 is 0 Å². The molecule has 0 aliphatic heterocycles. The van der Waals surface area contributed by atoms with E-state index in [1.807, 2.05) is 0 Å². The monoisotopic (exact) mass is 400 g/mol. The molecular weight excluding hydrogens is 380 g/mol. The molecule has 0 heterocycles. The van der Waals surface area contributed by atoms with E-state index in [2.05, 4.69) is 21.3 Å². The number of benzene rings is 2. The van der Waals surface area contributed by atoms with Crippen molar-refractivity contribution < 1.29 is 14.4 Å². The highest BCUT2D eigenvalue weighted by Gasteiger charge is 2.25. The number of nitrogens with one attached hydrogen (secondary N) is 4. The lowest BCUT2D eigenvalue weighted by atomic mass is 10.1. The molecule has 8 heteroatoms. The third-order valence-corrected chi connectivity index (χ3v) is 4.58. The largest absolute Gasteiger partial charge is 0.375 e. The van der Waals surface area contributed by atoms with Gasteiger partial charge in [-0.05, 0) is 43.2 Å². The summed E-state index contributed by atoms with van der Waals surface area (Å²) in [6, 6.07) is 11.8. The summed E-state index contributed by atoms with van der Waals surface area (Å²) in [6.07, 6.45) is 1.97. The molecule has 7 nitrogen and oxygen atoms in total. The molecular formula is C20H21ClN4O3. The van der Waals surface area contributed by atoms with Gasteiger partial charge in [0, 0.05) is 18.7 Å². The molecule has 0 spiro atoms. The van der Waals surface area contributed by atoms with Crippen LogP contribution in [0.5, 0.6) is 0 Å². The molecule has 2 aromatic rings. The van der Waals surface area contributed by atoms with E-state index in [4.69, 9.17) is 11.6 Å². The third-order valence-electron chi connectivity index (χ3n) is 4.25. The molecule has 3 rings (SSSR count). The van der Waals surface area contributed by atoms with Crippen molar-refractivity contribution in [3.8, 4) is 0 Å². The number of carbonyl (C=O) groups excluding carboxylic acids is 3. The van der Waals surface area contributed by atoms with Gasteiger partial charge in [-0.15, -0.1) is 0 Å². The number of anilines is 2. The minimum absolute atomic E-state index is 0.0739. The van der Waals surface area contributed by atoms with Gasteiger partial charge in [0.1, 0.15) is 0 Å². The lowest BCUT2D eigenvalue weighted by Gasteiger charge is -2.13. The predicted octanol–water partition coefficient (Wildman–Crippen LogP) is 2.64. The van der Waals surface area contributed by atoms with Crippen molar-refractivity contribution in [3.05, 3.63) is 58.6 Å². The number of para-hydroxylation sites is 1. The maximum atomic E-state index is 12.4. The number of carbonyl (C=O) groups is 3. The number of amides is 3. The summed E-state index contributed by atoms with van der Waals surface area (Å²) in [5.74, 6) is -0.791. The van der Waals surface area contributed by atoms with Crippen LogP contribution in [0.1, 0.15) is 33.6 Å². The highest BCUT2D eigenvalue weighted by atomic mass is 35.5. The van der Waals surface area contributed by atoms with Gasteiger partial charge in [0.2, 0.25) is 5.91 Å². The van der Waals surface area contributed by atoms with E-state index < -0.39 is 0 Å². The number of hydrogen-bond acceptors (Lipinski definition) is 4. The maximum absolute atomic E-state index is 12.4. The van der Waals surface area contributed by atoms with Gasteiger partial charge < -0.3 is 21.3 Å². The van der Waals surface area contributed by atoms with Crippen LogP contribution in [0, 0.1) is 0 Å². The number of rotatable bonds is 7. The average molecular weight is 401 g/mol. The van der Waals surface area contributed by atoms with Crippen molar-refractivity contribution in [1.82, 2.24) is 10.6 Å². The topological polar surface area (TPSA) is 99.3 Å². The summed E-state index contributed by atoms with van der Waals surface area (Å²) in [5.41, 5.74) is 1.76. The zero-order valence-electron chi connectivity index (χ0n) is 15.3. The lowest BCUT2D eigenvalue weighted by molar-refractivity contribution is -0.114. The molecule has 3 amide bonds. The first-order valence-electron chi connectivity index (χ1n) is 8.93. The number of halogens is 1. The molecule has 0 unspecified atom stereocenters. The van der Waals surface area contributed by atoms with Gasteiger partial charge in [-0.25, -0.2) is 0 Å². The van der Waals surface area contributed by atoms with Gasteiger partial charge in [-0.3, -0.25) is 14.4 Å². The Kier molecular flexibility index (Phi) is 6.16. The fourth-order valence-corrected chi connectivity index (χ4v) is 2.78. The first kappa shape index (κ1) is 19.7. The standard InChI is InChI=1S/C20H21ClN4O3/c1-22-19(27)12-6-9-15(21)17(10-12)23-11-18(26)25-16-5-3-2-4-14(16)20(28)24-13-7-8-13/h2-6,9-10,13,23H,7-8,11H2,1H3,(H,22,27)(H,24,28)(H,25,26). The van der Waals surface area contributed by atoms with Crippen LogP contribution in [0.2, 0.25) is 5.02 Å². The average Bonchev–Trinajstić information content (AvgIpc) is 3.51.